The minimum absolute atomic E-state index is 0.677. The molecule has 0 amide bonds. The first-order chi connectivity index (χ1) is 12.2. The Morgan fingerprint density at radius 2 is 2.08 bits per heavy atom. The summed E-state index contributed by atoms with van der Waals surface area (Å²) < 4.78 is 11.1. The van der Waals surface area contributed by atoms with E-state index in [-0.39, 0.29) is 0 Å². The van der Waals surface area contributed by atoms with Crippen molar-refractivity contribution in [2.75, 3.05) is 52.5 Å². The number of nitrogens with one attached hydrogen (secondary N) is 1. The van der Waals surface area contributed by atoms with Crippen molar-refractivity contribution < 1.29 is 9.15 Å². The number of likely N-dealkylation sites (tertiary alicyclic amines) is 1. The topological polar surface area (TPSA) is 53.2 Å². The summed E-state index contributed by atoms with van der Waals surface area (Å²) in [5.41, 5.74) is 1.18. The van der Waals surface area contributed by atoms with Crippen molar-refractivity contribution >= 4 is 5.96 Å². The lowest BCUT2D eigenvalue weighted by Crippen LogP contribution is -2.42. The fraction of sp³-hybridized carbons (Fsp3) is 0.737. The van der Waals surface area contributed by atoms with E-state index >= 15 is 0 Å². The van der Waals surface area contributed by atoms with Gasteiger partial charge in [0.2, 0.25) is 0 Å². The lowest BCUT2D eigenvalue weighted by molar-refractivity contribution is 0.0315. The van der Waals surface area contributed by atoms with Crippen LogP contribution < -0.4 is 5.32 Å². The maximum atomic E-state index is 5.61. The van der Waals surface area contributed by atoms with Gasteiger partial charge in [-0.05, 0) is 39.2 Å². The van der Waals surface area contributed by atoms with Crippen molar-refractivity contribution in [2.45, 2.75) is 33.7 Å². The molecule has 0 aliphatic carbocycles. The molecule has 2 aliphatic rings. The largest absolute Gasteiger partial charge is 0.466 e. The van der Waals surface area contributed by atoms with Crippen molar-refractivity contribution in [1.29, 1.82) is 0 Å². The molecule has 1 unspecified atom stereocenters. The third-order valence-corrected chi connectivity index (χ3v) is 5.08. The van der Waals surface area contributed by atoms with Gasteiger partial charge >= 0.3 is 0 Å². The normalized spacial score (nSPS) is 22.6. The van der Waals surface area contributed by atoms with Gasteiger partial charge in [-0.25, -0.2) is 4.99 Å². The second-order valence-electron chi connectivity index (χ2n) is 7.12. The van der Waals surface area contributed by atoms with Gasteiger partial charge in [-0.3, -0.25) is 4.90 Å². The molecule has 3 rings (SSSR count). The van der Waals surface area contributed by atoms with Crippen molar-refractivity contribution in [3.63, 3.8) is 0 Å². The molecule has 0 saturated carbocycles. The highest BCUT2D eigenvalue weighted by Crippen LogP contribution is 2.19. The molecule has 1 aromatic heterocycles. The quantitative estimate of drug-likeness (QED) is 0.652. The van der Waals surface area contributed by atoms with Crippen LogP contribution in [0, 0.1) is 19.8 Å². The molecule has 1 N–H and O–H groups in total. The van der Waals surface area contributed by atoms with Gasteiger partial charge in [0.15, 0.2) is 5.96 Å². The van der Waals surface area contributed by atoms with Crippen LogP contribution >= 0.6 is 0 Å². The summed E-state index contributed by atoms with van der Waals surface area (Å²) in [7, 11) is 0. The van der Waals surface area contributed by atoms with Gasteiger partial charge in [0, 0.05) is 44.8 Å². The van der Waals surface area contributed by atoms with E-state index in [0.29, 0.717) is 6.54 Å². The van der Waals surface area contributed by atoms with Crippen molar-refractivity contribution in [3.05, 3.63) is 23.2 Å². The summed E-state index contributed by atoms with van der Waals surface area (Å²) in [6.45, 7) is 15.0. The molecule has 2 saturated heterocycles. The highest BCUT2D eigenvalue weighted by atomic mass is 16.5. The van der Waals surface area contributed by atoms with E-state index in [2.05, 4.69) is 28.1 Å². The Morgan fingerprint density at radius 3 is 2.76 bits per heavy atom. The second-order valence-corrected chi connectivity index (χ2v) is 7.12. The van der Waals surface area contributed by atoms with Crippen molar-refractivity contribution in [2.24, 2.45) is 10.9 Å². The molecule has 0 spiro atoms. The van der Waals surface area contributed by atoms with Gasteiger partial charge in [0.05, 0.1) is 19.8 Å². The Balaban J connectivity index is 1.56. The molecular weight excluding hydrogens is 316 g/mol. The number of hydrogen-bond acceptors (Lipinski definition) is 4. The van der Waals surface area contributed by atoms with Gasteiger partial charge in [-0.2, -0.15) is 0 Å². The van der Waals surface area contributed by atoms with E-state index in [1.165, 1.54) is 18.5 Å². The number of rotatable bonds is 5. The van der Waals surface area contributed by atoms with Crippen molar-refractivity contribution in [3.8, 4) is 0 Å². The van der Waals surface area contributed by atoms with E-state index in [1.807, 2.05) is 13.8 Å². The predicted octanol–water partition coefficient (Wildman–Crippen LogP) is 2.02. The fourth-order valence-electron chi connectivity index (χ4n) is 3.75. The Morgan fingerprint density at radius 1 is 1.28 bits per heavy atom. The maximum Gasteiger partial charge on any atom is 0.194 e. The van der Waals surface area contributed by atoms with Gasteiger partial charge in [-0.1, -0.05) is 0 Å². The molecule has 3 heterocycles. The Bertz CT molecular complexity index is 578. The van der Waals surface area contributed by atoms with E-state index in [0.717, 1.165) is 69.3 Å². The van der Waals surface area contributed by atoms with Crippen molar-refractivity contribution in [1.82, 2.24) is 15.1 Å². The highest BCUT2D eigenvalue weighted by molar-refractivity contribution is 5.80. The number of ether oxygens (including phenoxy) is 1. The highest BCUT2D eigenvalue weighted by Gasteiger charge is 2.27. The SMILES string of the molecule is CCNC(=NCc1cc(C)oc1C)N1CCC(CN2CCOCC2)C1. The first-order valence-electron chi connectivity index (χ1n) is 9.55. The van der Waals surface area contributed by atoms with Gasteiger partial charge in [0.1, 0.15) is 11.5 Å². The summed E-state index contributed by atoms with van der Waals surface area (Å²) >= 11 is 0. The zero-order valence-electron chi connectivity index (χ0n) is 15.9. The monoisotopic (exact) mass is 348 g/mol. The molecule has 1 aromatic rings. The summed E-state index contributed by atoms with van der Waals surface area (Å²) in [6, 6.07) is 2.09. The lowest BCUT2D eigenvalue weighted by Gasteiger charge is -2.29. The molecule has 2 fully saturated rings. The molecule has 25 heavy (non-hydrogen) atoms. The minimum Gasteiger partial charge on any atom is -0.466 e. The molecule has 140 valence electrons. The maximum absolute atomic E-state index is 5.61. The average Bonchev–Trinajstić information content (AvgIpc) is 3.18. The van der Waals surface area contributed by atoms with E-state index in [9.17, 15) is 0 Å². The summed E-state index contributed by atoms with van der Waals surface area (Å²) in [5.74, 6) is 3.69. The number of aliphatic imine (C=N–C) groups is 1. The Labute approximate surface area is 151 Å². The summed E-state index contributed by atoms with van der Waals surface area (Å²) in [5, 5.41) is 3.46. The van der Waals surface area contributed by atoms with E-state index in [4.69, 9.17) is 14.1 Å². The average molecular weight is 348 g/mol. The Hall–Kier alpha value is -1.53. The summed E-state index contributed by atoms with van der Waals surface area (Å²) in [4.78, 5) is 9.81. The standard InChI is InChI=1S/C19H32N4O2/c1-4-20-19(21-12-18-11-15(2)25-16(18)3)23-6-5-17(14-23)13-22-7-9-24-10-8-22/h11,17H,4-10,12-14H2,1-3H3,(H,20,21). The zero-order valence-corrected chi connectivity index (χ0v) is 15.9. The van der Waals surface area contributed by atoms with Gasteiger partial charge in [0.25, 0.3) is 0 Å². The Kier molecular flexibility index (Phi) is 6.37. The molecule has 0 aromatic carbocycles. The van der Waals surface area contributed by atoms with Crippen LogP contribution in [0.4, 0.5) is 0 Å². The number of aryl methyl sites for hydroxylation is 2. The first-order valence-corrected chi connectivity index (χ1v) is 9.55. The molecular formula is C19H32N4O2. The van der Waals surface area contributed by atoms with Crippen LogP contribution in [-0.2, 0) is 11.3 Å². The minimum atomic E-state index is 0.677. The molecule has 0 bridgehead atoms. The molecule has 2 aliphatic heterocycles. The van der Waals surface area contributed by atoms with Gasteiger partial charge in [-0.15, -0.1) is 0 Å². The van der Waals surface area contributed by atoms with Gasteiger partial charge < -0.3 is 19.4 Å². The number of guanidine groups is 1. The van der Waals surface area contributed by atoms with E-state index < -0.39 is 0 Å². The van der Waals surface area contributed by atoms with Crippen LogP contribution in [0.5, 0.6) is 0 Å². The number of furan rings is 1. The third kappa shape index (κ3) is 4.98. The lowest BCUT2D eigenvalue weighted by atomic mass is 10.1. The van der Waals surface area contributed by atoms with E-state index in [1.54, 1.807) is 0 Å². The second kappa shape index (κ2) is 8.72. The molecule has 1 atom stereocenters. The number of hydrogen-bond donors (Lipinski definition) is 1. The van der Waals surface area contributed by atoms with Crippen LogP contribution in [0.3, 0.4) is 0 Å². The van der Waals surface area contributed by atoms with Crippen LogP contribution in [0.1, 0.15) is 30.4 Å². The van der Waals surface area contributed by atoms with Crippen LogP contribution in [0.15, 0.2) is 15.5 Å². The number of nitrogens with zero attached hydrogens (tertiary/aromatic N) is 3. The van der Waals surface area contributed by atoms with Crippen LogP contribution in [0.25, 0.3) is 0 Å². The smallest absolute Gasteiger partial charge is 0.194 e. The molecule has 6 heteroatoms. The zero-order chi connectivity index (χ0) is 17.6. The van der Waals surface area contributed by atoms with Crippen LogP contribution in [-0.4, -0.2) is 68.2 Å². The molecule has 0 radical (unpaired) electrons. The van der Waals surface area contributed by atoms with Crippen LogP contribution in [0.2, 0.25) is 0 Å². The predicted molar refractivity (Wildman–Crippen MR) is 99.9 cm³/mol. The number of morpholine rings is 1. The summed E-state index contributed by atoms with van der Waals surface area (Å²) in [6.07, 6.45) is 1.24. The first kappa shape index (κ1) is 18.3. The molecule has 6 nitrogen and oxygen atoms in total. The third-order valence-electron chi connectivity index (χ3n) is 5.08. The fourth-order valence-corrected chi connectivity index (χ4v) is 3.75.